The molecule has 0 saturated carbocycles. The van der Waals surface area contributed by atoms with Gasteiger partial charge in [0.05, 0.1) is 0 Å². The fourth-order valence-electron chi connectivity index (χ4n) is 1.48. The molecule has 4 N–H and O–H groups in total. The van der Waals surface area contributed by atoms with Crippen LogP contribution >= 0.6 is 0 Å². The van der Waals surface area contributed by atoms with Crippen LogP contribution in [0.25, 0.3) is 0 Å². The van der Waals surface area contributed by atoms with Gasteiger partial charge in [-0.05, 0) is 24.3 Å². The number of nitrogens with zero attached hydrogens (tertiary/aromatic N) is 2. The van der Waals surface area contributed by atoms with Crippen molar-refractivity contribution in [1.29, 1.82) is 0 Å². The molecule has 0 fully saturated rings. The lowest BCUT2D eigenvalue weighted by Gasteiger charge is -2.18. The van der Waals surface area contributed by atoms with E-state index in [1.54, 1.807) is 6.33 Å². The van der Waals surface area contributed by atoms with E-state index in [4.69, 9.17) is 5.73 Å². The third-order valence-electron chi connectivity index (χ3n) is 2.88. The molecule has 1 unspecified atom stereocenters. The highest BCUT2D eigenvalue weighted by molar-refractivity contribution is 5.46. The summed E-state index contributed by atoms with van der Waals surface area (Å²) in [5.41, 5.74) is 5.92. The van der Waals surface area contributed by atoms with Gasteiger partial charge in [0.15, 0.2) is 0 Å². The Labute approximate surface area is 116 Å². The highest BCUT2D eigenvalue weighted by atomic mass is 15.1. The average molecular weight is 265 g/mol. The summed E-state index contributed by atoms with van der Waals surface area (Å²) in [6, 6.07) is 1.94. The predicted molar refractivity (Wildman–Crippen MR) is 81.3 cm³/mol. The molecule has 0 bridgehead atoms. The Morgan fingerprint density at radius 2 is 1.84 bits per heavy atom. The van der Waals surface area contributed by atoms with Crippen LogP contribution in [0, 0.1) is 11.3 Å². The molecular formula is C14H27N5. The molecule has 0 aliphatic carbocycles. The van der Waals surface area contributed by atoms with Gasteiger partial charge in [0, 0.05) is 19.2 Å². The molecule has 5 heteroatoms. The largest absolute Gasteiger partial charge is 0.370 e. The molecule has 1 aromatic heterocycles. The van der Waals surface area contributed by atoms with Crippen LogP contribution < -0.4 is 16.4 Å². The lowest BCUT2D eigenvalue weighted by atomic mass is 9.92. The van der Waals surface area contributed by atoms with Crippen molar-refractivity contribution < 1.29 is 0 Å². The van der Waals surface area contributed by atoms with Crippen LogP contribution in [0.3, 0.4) is 0 Å². The first-order valence-electron chi connectivity index (χ1n) is 6.90. The summed E-state index contributed by atoms with van der Waals surface area (Å²) in [7, 11) is 0. The van der Waals surface area contributed by atoms with E-state index in [-0.39, 0.29) is 0 Å². The molecule has 108 valence electrons. The third-order valence-corrected chi connectivity index (χ3v) is 2.88. The van der Waals surface area contributed by atoms with Crippen molar-refractivity contribution in [3.63, 3.8) is 0 Å². The first kappa shape index (κ1) is 15.7. The van der Waals surface area contributed by atoms with Gasteiger partial charge in [-0.15, -0.1) is 0 Å². The summed E-state index contributed by atoms with van der Waals surface area (Å²) in [6.07, 6.45) is 2.68. The molecule has 1 aromatic rings. The number of nitrogens with two attached hydrogens (primary N) is 1. The molecule has 1 atom stereocenters. The third kappa shape index (κ3) is 6.96. The topological polar surface area (TPSA) is 75.9 Å². The molecule has 0 radical (unpaired) electrons. The summed E-state index contributed by atoms with van der Waals surface area (Å²) in [6.45, 7) is 11.2. The lowest BCUT2D eigenvalue weighted by Crippen LogP contribution is -2.20. The second kappa shape index (κ2) is 7.28. The number of aromatic nitrogens is 2. The van der Waals surface area contributed by atoms with Gasteiger partial charge in [-0.2, -0.15) is 0 Å². The van der Waals surface area contributed by atoms with Crippen LogP contribution in [0.2, 0.25) is 0 Å². The fraction of sp³-hybridized carbons (Fsp3) is 0.714. The Kier molecular flexibility index (Phi) is 6.02. The Morgan fingerprint density at radius 3 is 2.42 bits per heavy atom. The number of rotatable bonds is 7. The summed E-state index contributed by atoms with van der Waals surface area (Å²) in [5, 5.41) is 6.60. The SMILES string of the molecule is CC(CN)CNc1cc(NCCC(C)(C)C)ncn1. The van der Waals surface area contributed by atoms with E-state index in [0.717, 1.165) is 31.1 Å². The maximum absolute atomic E-state index is 5.59. The zero-order valence-corrected chi connectivity index (χ0v) is 12.5. The Balaban J connectivity index is 2.43. The smallest absolute Gasteiger partial charge is 0.131 e. The van der Waals surface area contributed by atoms with E-state index < -0.39 is 0 Å². The van der Waals surface area contributed by atoms with Crippen molar-refractivity contribution in [3.05, 3.63) is 12.4 Å². The van der Waals surface area contributed by atoms with Gasteiger partial charge in [0.2, 0.25) is 0 Å². The molecule has 0 amide bonds. The van der Waals surface area contributed by atoms with Gasteiger partial charge in [-0.1, -0.05) is 27.7 Å². The molecular weight excluding hydrogens is 238 g/mol. The van der Waals surface area contributed by atoms with Crippen LogP contribution in [0.4, 0.5) is 11.6 Å². The van der Waals surface area contributed by atoms with Crippen molar-refractivity contribution in [2.24, 2.45) is 17.1 Å². The minimum Gasteiger partial charge on any atom is -0.370 e. The second-order valence-electron chi connectivity index (χ2n) is 6.25. The number of anilines is 2. The Hall–Kier alpha value is -1.36. The maximum Gasteiger partial charge on any atom is 0.131 e. The van der Waals surface area contributed by atoms with Crippen LogP contribution in [0.1, 0.15) is 34.1 Å². The van der Waals surface area contributed by atoms with Gasteiger partial charge in [0.1, 0.15) is 18.0 Å². The van der Waals surface area contributed by atoms with Gasteiger partial charge in [0.25, 0.3) is 0 Å². The number of nitrogens with one attached hydrogen (secondary N) is 2. The van der Waals surface area contributed by atoms with Crippen LogP contribution in [-0.2, 0) is 0 Å². The zero-order valence-electron chi connectivity index (χ0n) is 12.5. The first-order valence-corrected chi connectivity index (χ1v) is 6.90. The molecule has 0 aromatic carbocycles. The van der Waals surface area contributed by atoms with E-state index in [2.05, 4.69) is 48.3 Å². The maximum atomic E-state index is 5.59. The van der Waals surface area contributed by atoms with Crippen LogP contribution in [-0.4, -0.2) is 29.6 Å². The predicted octanol–water partition coefficient (Wildman–Crippen LogP) is 2.33. The van der Waals surface area contributed by atoms with Crippen molar-refractivity contribution in [3.8, 4) is 0 Å². The lowest BCUT2D eigenvalue weighted by molar-refractivity contribution is 0.389. The van der Waals surface area contributed by atoms with Gasteiger partial charge in [-0.3, -0.25) is 0 Å². The molecule has 5 nitrogen and oxygen atoms in total. The summed E-state index contributed by atoms with van der Waals surface area (Å²) in [4.78, 5) is 8.42. The van der Waals surface area contributed by atoms with Gasteiger partial charge < -0.3 is 16.4 Å². The van der Waals surface area contributed by atoms with Crippen LogP contribution in [0.5, 0.6) is 0 Å². The molecule has 0 saturated heterocycles. The van der Waals surface area contributed by atoms with E-state index in [9.17, 15) is 0 Å². The normalized spacial score (nSPS) is 13.1. The van der Waals surface area contributed by atoms with E-state index in [1.807, 2.05) is 6.07 Å². The Bertz CT molecular complexity index is 372. The quantitative estimate of drug-likeness (QED) is 0.705. The van der Waals surface area contributed by atoms with Crippen molar-refractivity contribution in [1.82, 2.24) is 9.97 Å². The zero-order chi connectivity index (χ0) is 14.3. The van der Waals surface area contributed by atoms with E-state index in [1.165, 1.54) is 0 Å². The minimum absolute atomic E-state index is 0.331. The first-order chi connectivity index (χ1) is 8.90. The number of hydrogen-bond donors (Lipinski definition) is 3. The van der Waals surface area contributed by atoms with Crippen LogP contribution in [0.15, 0.2) is 12.4 Å². The van der Waals surface area contributed by atoms with Gasteiger partial charge >= 0.3 is 0 Å². The monoisotopic (exact) mass is 265 g/mol. The summed E-state index contributed by atoms with van der Waals surface area (Å²) >= 11 is 0. The minimum atomic E-state index is 0.331. The fourth-order valence-corrected chi connectivity index (χ4v) is 1.48. The van der Waals surface area contributed by atoms with E-state index in [0.29, 0.717) is 17.9 Å². The molecule has 0 aliphatic rings. The molecule has 0 aliphatic heterocycles. The molecule has 0 spiro atoms. The standard InChI is InChI=1S/C14H27N5/c1-11(8-15)9-17-13-7-12(18-10-19-13)16-6-5-14(2,3)4/h7,10-11H,5-6,8-9,15H2,1-4H3,(H2,16,17,18,19). The number of hydrogen-bond acceptors (Lipinski definition) is 5. The summed E-state index contributed by atoms with van der Waals surface area (Å²) < 4.78 is 0. The highest BCUT2D eigenvalue weighted by Crippen LogP contribution is 2.18. The summed E-state index contributed by atoms with van der Waals surface area (Å²) in [5.74, 6) is 2.14. The van der Waals surface area contributed by atoms with E-state index >= 15 is 0 Å². The van der Waals surface area contributed by atoms with Crippen molar-refractivity contribution in [2.75, 3.05) is 30.3 Å². The van der Waals surface area contributed by atoms with Gasteiger partial charge in [-0.25, -0.2) is 9.97 Å². The molecule has 1 heterocycles. The van der Waals surface area contributed by atoms with Crippen molar-refractivity contribution >= 4 is 11.6 Å². The van der Waals surface area contributed by atoms with Crippen molar-refractivity contribution in [2.45, 2.75) is 34.1 Å². The molecule has 1 rings (SSSR count). The molecule has 19 heavy (non-hydrogen) atoms. The second-order valence-corrected chi connectivity index (χ2v) is 6.25. The Morgan fingerprint density at radius 1 is 1.21 bits per heavy atom. The highest BCUT2D eigenvalue weighted by Gasteiger charge is 2.09. The average Bonchev–Trinajstić information content (AvgIpc) is 2.35.